The second kappa shape index (κ2) is 15.5. The van der Waals surface area contributed by atoms with Crippen molar-refractivity contribution >= 4 is 17.8 Å². The number of nitrogens with two attached hydrogens (primary N) is 1. The number of aliphatic hydroxyl groups excluding tert-OH is 1. The van der Waals surface area contributed by atoms with Gasteiger partial charge in [0.05, 0.1) is 18.2 Å². The van der Waals surface area contributed by atoms with Gasteiger partial charge in [0.2, 0.25) is 0 Å². The number of cyclic esters (lactones) is 1. The second-order valence-corrected chi connectivity index (χ2v) is 12.5. The van der Waals surface area contributed by atoms with Crippen molar-refractivity contribution in [3.8, 4) is 0 Å². The van der Waals surface area contributed by atoms with Gasteiger partial charge < -0.3 is 35.1 Å². The van der Waals surface area contributed by atoms with Crippen LogP contribution < -0.4 is 11.1 Å². The van der Waals surface area contributed by atoms with Crippen molar-refractivity contribution in [3.05, 3.63) is 22.1 Å². The number of ether oxygens (including phenoxy) is 4. The molecule has 0 aromatic rings. The van der Waals surface area contributed by atoms with Crippen molar-refractivity contribution < 1.29 is 38.4 Å². The summed E-state index contributed by atoms with van der Waals surface area (Å²) in [6.45, 7) is 13.4. The van der Waals surface area contributed by atoms with Crippen LogP contribution in [-0.4, -0.2) is 102 Å². The summed E-state index contributed by atoms with van der Waals surface area (Å²) in [6, 6.07) is -1.37. The van der Waals surface area contributed by atoms with Crippen LogP contribution in [0.25, 0.3) is 10.4 Å². The first kappa shape index (κ1) is 35.7. The molecule has 0 radical (unpaired) electrons. The molecule has 2 fully saturated rings. The molecule has 248 valence electrons. The zero-order chi connectivity index (χ0) is 32.8. The number of nitrogens with one attached hydrogen (secondary N) is 1. The molecular weight excluding hydrogens is 572 g/mol. The highest BCUT2D eigenvalue weighted by atomic mass is 16.7. The number of unbranched alkanes of at least 4 members (excludes halogenated alkanes) is 1. The van der Waals surface area contributed by atoms with Crippen LogP contribution in [0.1, 0.15) is 74.1 Å². The van der Waals surface area contributed by atoms with Gasteiger partial charge in [-0.2, -0.15) is 0 Å². The molecule has 3 rings (SSSR count). The number of Topliss-reactive ketones (excluding diaryl/α,β-unsaturated/α-hetero) is 1. The van der Waals surface area contributed by atoms with Gasteiger partial charge in [-0.3, -0.25) is 14.5 Å². The molecule has 0 aromatic carbocycles. The van der Waals surface area contributed by atoms with Crippen LogP contribution >= 0.6 is 0 Å². The predicted molar refractivity (Wildman–Crippen MR) is 161 cm³/mol. The lowest BCUT2D eigenvalue weighted by molar-refractivity contribution is -0.257. The third-order valence-corrected chi connectivity index (χ3v) is 9.14. The van der Waals surface area contributed by atoms with Crippen molar-refractivity contribution in [1.29, 1.82) is 0 Å². The van der Waals surface area contributed by atoms with E-state index >= 15 is 0 Å². The van der Waals surface area contributed by atoms with E-state index in [9.17, 15) is 19.5 Å². The number of amides is 1. The molecule has 3 heterocycles. The summed E-state index contributed by atoms with van der Waals surface area (Å²) < 4.78 is 24.1. The largest absolute Gasteiger partial charge is 0.458 e. The van der Waals surface area contributed by atoms with Gasteiger partial charge in [-0.15, -0.1) is 0 Å². The highest BCUT2D eigenvalue weighted by molar-refractivity contribution is 6.00. The molecule has 3 aliphatic heterocycles. The number of carbonyl (C=O) groups excluding carboxylic acids is 3. The summed E-state index contributed by atoms with van der Waals surface area (Å²) in [4.78, 5) is 44.9. The number of hydrogen-bond acceptors (Lipinski definition) is 11. The standard InChI is InChI=1S/C30H50N6O8/c1-8-22-30(7)26(36(29(40)44-30)14-10-9-12-34-35-32)20(6)33-13-11-16(2)25(18(4)23(37)19(5)27(39)42-22)43-28-24(38)21(31)15-17(3)41-28/h11,17-22,24-26,28,33,38H,8-10,12-15,31H2,1-7H3/b16-11+/t17-,18+,19-,20-,21?,22-,24?,25+,26-,28+,30-/m1/s1. The Morgan fingerprint density at radius 2 is 1.95 bits per heavy atom. The van der Waals surface area contributed by atoms with Gasteiger partial charge in [0.1, 0.15) is 18.1 Å². The number of fused-ring (bicyclic) bond motifs is 1. The van der Waals surface area contributed by atoms with Crippen LogP contribution in [0.3, 0.4) is 0 Å². The fourth-order valence-corrected chi connectivity index (χ4v) is 6.60. The molecule has 4 N–H and O–H groups in total. The summed E-state index contributed by atoms with van der Waals surface area (Å²) in [5, 5.41) is 17.7. The van der Waals surface area contributed by atoms with Crippen molar-refractivity contribution in [1.82, 2.24) is 10.2 Å². The van der Waals surface area contributed by atoms with Crippen LogP contribution in [-0.2, 0) is 28.5 Å². The van der Waals surface area contributed by atoms with Gasteiger partial charge in [-0.05, 0) is 71.4 Å². The Kier molecular flexibility index (Phi) is 12.6. The third-order valence-electron chi connectivity index (χ3n) is 9.14. The summed E-state index contributed by atoms with van der Waals surface area (Å²) in [5.74, 6) is -3.03. The average molecular weight is 623 g/mol. The lowest BCUT2D eigenvalue weighted by Gasteiger charge is -2.41. The van der Waals surface area contributed by atoms with Gasteiger partial charge >= 0.3 is 12.1 Å². The second-order valence-electron chi connectivity index (χ2n) is 12.5. The number of hydrogen-bond donors (Lipinski definition) is 3. The smallest absolute Gasteiger partial charge is 0.410 e. The monoisotopic (exact) mass is 622 g/mol. The van der Waals surface area contributed by atoms with E-state index in [-0.39, 0.29) is 12.1 Å². The number of carbonyl (C=O) groups is 3. The van der Waals surface area contributed by atoms with E-state index in [0.717, 1.165) is 0 Å². The van der Waals surface area contributed by atoms with Crippen LogP contribution in [0.2, 0.25) is 0 Å². The van der Waals surface area contributed by atoms with E-state index in [4.69, 9.17) is 30.2 Å². The Hall–Kier alpha value is -2.74. The first-order chi connectivity index (χ1) is 20.8. The van der Waals surface area contributed by atoms with Crippen LogP contribution in [0, 0.1) is 11.8 Å². The molecule has 0 aliphatic carbocycles. The predicted octanol–water partition coefficient (Wildman–Crippen LogP) is 2.97. The van der Waals surface area contributed by atoms with Crippen molar-refractivity contribution in [2.24, 2.45) is 22.7 Å². The minimum atomic E-state index is -1.20. The lowest BCUT2D eigenvalue weighted by atomic mass is 9.83. The van der Waals surface area contributed by atoms with Gasteiger partial charge in [0.25, 0.3) is 0 Å². The number of azide groups is 1. The molecule has 0 saturated carbocycles. The highest BCUT2D eigenvalue weighted by Gasteiger charge is 2.58. The Morgan fingerprint density at radius 1 is 1.25 bits per heavy atom. The van der Waals surface area contributed by atoms with E-state index in [1.54, 1.807) is 18.7 Å². The summed E-state index contributed by atoms with van der Waals surface area (Å²) in [7, 11) is 0. The molecule has 14 heteroatoms. The van der Waals surface area contributed by atoms with E-state index in [1.165, 1.54) is 6.92 Å². The Balaban J connectivity index is 1.96. The van der Waals surface area contributed by atoms with Gasteiger partial charge in [-0.25, -0.2) is 4.79 Å². The Bertz CT molecular complexity index is 1120. The molecule has 44 heavy (non-hydrogen) atoms. The minimum absolute atomic E-state index is 0.248. The van der Waals surface area contributed by atoms with Crippen LogP contribution in [0.15, 0.2) is 16.8 Å². The average Bonchev–Trinajstić information content (AvgIpc) is 3.24. The van der Waals surface area contributed by atoms with Crippen LogP contribution in [0.4, 0.5) is 4.79 Å². The van der Waals surface area contributed by atoms with E-state index in [2.05, 4.69) is 15.3 Å². The molecule has 14 nitrogen and oxygen atoms in total. The Morgan fingerprint density at radius 3 is 2.61 bits per heavy atom. The molecule has 1 amide bonds. The molecule has 2 unspecified atom stereocenters. The molecular formula is C30H50N6O8. The van der Waals surface area contributed by atoms with Crippen molar-refractivity contribution in [2.75, 3.05) is 19.6 Å². The van der Waals surface area contributed by atoms with Crippen molar-refractivity contribution in [3.63, 3.8) is 0 Å². The van der Waals surface area contributed by atoms with E-state index in [0.29, 0.717) is 50.9 Å². The maximum atomic E-state index is 13.7. The lowest BCUT2D eigenvalue weighted by Crippen LogP contribution is -2.60. The number of rotatable bonds is 8. The fraction of sp³-hybridized carbons (Fsp3) is 0.833. The van der Waals surface area contributed by atoms with Gasteiger partial charge in [-0.1, -0.05) is 25.0 Å². The number of aliphatic hydroxyl groups is 1. The normalized spacial score (nSPS) is 40.2. The van der Waals surface area contributed by atoms with Crippen LogP contribution in [0.5, 0.6) is 0 Å². The van der Waals surface area contributed by atoms with E-state index < -0.39 is 72.0 Å². The molecule has 0 spiro atoms. The summed E-state index contributed by atoms with van der Waals surface area (Å²) in [5.41, 5.74) is 14.2. The number of nitrogens with zero attached hydrogens (tertiary/aromatic N) is 4. The topological polar surface area (TPSA) is 198 Å². The highest BCUT2D eigenvalue weighted by Crippen LogP contribution is 2.38. The zero-order valence-electron chi connectivity index (χ0n) is 27.0. The minimum Gasteiger partial charge on any atom is -0.458 e. The number of esters is 1. The first-order valence-electron chi connectivity index (χ1n) is 15.7. The van der Waals surface area contributed by atoms with Crippen molar-refractivity contribution in [2.45, 2.75) is 129 Å². The van der Waals surface area contributed by atoms with Gasteiger partial charge in [0, 0.05) is 42.5 Å². The molecule has 2 saturated heterocycles. The SMILES string of the molecule is CC[C@H]1OC(=O)[C@H](C)C(=O)[C@H](C)[C@@H](O[C@@H]2O[C@H](C)CC(N)C2O)/C(C)=C/CN[C@H](C)[C@H]2N(CCCCN=[N+]=[N-])C(=O)O[C@]12C. The molecule has 0 bridgehead atoms. The van der Waals surface area contributed by atoms with Gasteiger partial charge in [0.15, 0.2) is 17.7 Å². The summed E-state index contributed by atoms with van der Waals surface area (Å²) in [6.07, 6.45) is -0.658. The Labute approximate surface area is 259 Å². The zero-order valence-corrected chi connectivity index (χ0v) is 27.0. The molecule has 11 atom stereocenters. The first-order valence-corrected chi connectivity index (χ1v) is 15.7. The quantitative estimate of drug-likeness (QED) is 0.0688. The third kappa shape index (κ3) is 7.91. The maximum Gasteiger partial charge on any atom is 0.410 e. The summed E-state index contributed by atoms with van der Waals surface area (Å²) >= 11 is 0. The maximum absolute atomic E-state index is 13.7. The van der Waals surface area contributed by atoms with E-state index in [1.807, 2.05) is 33.8 Å². The molecule has 3 aliphatic rings. The molecule has 0 aromatic heterocycles. The fourth-order valence-electron chi connectivity index (χ4n) is 6.60. The number of ketones is 1.